The second kappa shape index (κ2) is 3.57. The molecule has 0 spiro atoms. The van der Waals surface area contributed by atoms with Gasteiger partial charge in [0, 0.05) is 0 Å². The van der Waals surface area contributed by atoms with Crippen LogP contribution in [0.25, 0.3) is 0 Å². The van der Waals surface area contributed by atoms with Gasteiger partial charge in [-0.25, -0.2) is 0 Å². The molecule has 0 atom stereocenters. The van der Waals surface area contributed by atoms with Gasteiger partial charge in [-0.3, -0.25) is 0 Å². The SMILES string of the molecule is NC(CC(O)(O)O)(C(O)(O)O)C(O)(O)O. The van der Waals surface area contributed by atoms with Crippen LogP contribution in [0.5, 0.6) is 0 Å². The van der Waals surface area contributed by atoms with Gasteiger partial charge in [-0.1, -0.05) is 0 Å². The van der Waals surface area contributed by atoms with Gasteiger partial charge in [0.2, 0.25) is 0 Å². The van der Waals surface area contributed by atoms with E-state index >= 15 is 0 Å². The quantitative estimate of drug-likeness (QED) is 0.207. The van der Waals surface area contributed by atoms with Crippen LogP contribution in [0.1, 0.15) is 6.42 Å². The number of hydrogen-bond donors (Lipinski definition) is 10. The molecule has 0 saturated carbocycles. The van der Waals surface area contributed by atoms with Gasteiger partial charge in [-0.05, 0) is 0 Å². The third kappa shape index (κ3) is 3.29. The van der Waals surface area contributed by atoms with Gasteiger partial charge >= 0.3 is 11.9 Å². The van der Waals surface area contributed by atoms with Crippen LogP contribution in [-0.2, 0) is 0 Å². The highest BCUT2D eigenvalue weighted by Gasteiger charge is 2.63. The van der Waals surface area contributed by atoms with E-state index in [1.807, 2.05) is 0 Å². The van der Waals surface area contributed by atoms with Crippen LogP contribution in [0.2, 0.25) is 0 Å². The minimum Gasteiger partial charge on any atom is -0.344 e. The van der Waals surface area contributed by atoms with Crippen molar-refractivity contribution < 1.29 is 46.0 Å². The predicted molar refractivity (Wildman–Crippen MR) is 39.7 cm³/mol. The fourth-order valence-corrected chi connectivity index (χ4v) is 0.836. The van der Waals surface area contributed by atoms with Gasteiger partial charge in [0.15, 0.2) is 5.54 Å². The molecule has 0 aliphatic rings. The van der Waals surface area contributed by atoms with Crippen molar-refractivity contribution in [2.45, 2.75) is 29.9 Å². The molecule has 0 heterocycles. The third-order valence-corrected chi connectivity index (χ3v) is 1.71. The first-order valence-electron chi connectivity index (χ1n) is 3.51. The van der Waals surface area contributed by atoms with E-state index in [1.54, 1.807) is 0 Å². The lowest BCUT2D eigenvalue weighted by Crippen LogP contribution is -2.75. The Bertz CT molecular complexity index is 206. The van der Waals surface area contributed by atoms with Crippen LogP contribution in [0.3, 0.4) is 0 Å². The van der Waals surface area contributed by atoms with Crippen molar-refractivity contribution in [3.63, 3.8) is 0 Å². The summed E-state index contributed by atoms with van der Waals surface area (Å²) in [6.07, 6.45) is -1.78. The number of nitrogens with two attached hydrogens (primary N) is 1. The number of aliphatic hydroxyl groups is 9. The normalized spacial score (nSPS) is 15.6. The first-order valence-corrected chi connectivity index (χ1v) is 3.51. The molecule has 15 heavy (non-hydrogen) atoms. The molecular weight excluding hydrogens is 218 g/mol. The van der Waals surface area contributed by atoms with Gasteiger partial charge in [-0.15, -0.1) is 0 Å². The molecule has 0 aliphatic heterocycles. The van der Waals surface area contributed by atoms with Crippen LogP contribution in [-0.4, -0.2) is 69.4 Å². The van der Waals surface area contributed by atoms with Crippen LogP contribution in [0.15, 0.2) is 0 Å². The van der Waals surface area contributed by atoms with Gasteiger partial charge in [0.25, 0.3) is 5.97 Å². The maximum atomic E-state index is 8.61. The molecule has 0 amide bonds. The molecule has 0 aromatic carbocycles. The first-order chi connectivity index (χ1) is 6.21. The molecule has 92 valence electrons. The maximum Gasteiger partial charge on any atom is 0.303 e. The van der Waals surface area contributed by atoms with E-state index in [2.05, 4.69) is 0 Å². The largest absolute Gasteiger partial charge is 0.344 e. The summed E-state index contributed by atoms with van der Waals surface area (Å²) in [5.41, 5.74) is 1.20. The summed E-state index contributed by atoms with van der Waals surface area (Å²) in [6.45, 7) is 0. The van der Waals surface area contributed by atoms with Crippen molar-refractivity contribution in [2.75, 3.05) is 0 Å². The van der Waals surface area contributed by atoms with Crippen LogP contribution in [0, 0.1) is 0 Å². The zero-order valence-electron chi connectivity index (χ0n) is 7.31. The summed E-state index contributed by atoms with van der Waals surface area (Å²) in [5.74, 6) is -11.9. The lowest BCUT2D eigenvalue weighted by molar-refractivity contribution is -0.466. The fraction of sp³-hybridized carbons (Fsp3) is 1.00. The van der Waals surface area contributed by atoms with Crippen LogP contribution in [0.4, 0.5) is 0 Å². The number of rotatable bonds is 4. The van der Waals surface area contributed by atoms with Crippen molar-refractivity contribution in [3.05, 3.63) is 0 Å². The Morgan fingerprint density at radius 1 is 0.667 bits per heavy atom. The molecule has 0 aromatic rings. The molecule has 0 fully saturated rings. The average molecular weight is 231 g/mol. The van der Waals surface area contributed by atoms with E-state index < -0.39 is 29.9 Å². The lowest BCUT2D eigenvalue weighted by Gasteiger charge is -2.42. The predicted octanol–water partition coefficient (Wildman–Crippen LogP) is -6.03. The Kier molecular flexibility index (Phi) is 3.47. The highest BCUT2D eigenvalue weighted by molar-refractivity contribution is 4.98. The molecule has 0 radical (unpaired) electrons. The van der Waals surface area contributed by atoms with E-state index in [0.717, 1.165) is 0 Å². The van der Waals surface area contributed by atoms with Crippen molar-refractivity contribution in [1.82, 2.24) is 0 Å². The monoisotopic (exact) mass is 231 g/mol. The van der Waals surface area contributed by atoms with E-state index in [9.17, 15) is 0 Å². The zero-order chi connectivity index (χ0) is 12.7. The smallest absolute Gasteiger partial charge is 0.303 e. The summed E-state index contributed by atoms with van der Waals surface area (Å²) < 4.78 is 0. The van der Waals surface area contributed by atoms with Gasteiger partial charge in [0.05, 0.1) is 6.42 Å². The summed E-state index contributed by atoms with van der Waals surface area (Å²) >= 11 is 0. The molecule has 0 saturated heterocycles. The Labute approximate surface area is 82.7 Å². The summed E-state index contributed by atoms with van der Waals surface area (Å²) in [6, 6.07) is 0. The maximum absolute atomic E-state index is 8.61. The molecule has 0 rings (SSSR count). The molecule has 0 aromatic heterocycles. The van der Waals surface area contributed by atoms with E-state index in [1.165, 1.54) is 0 Å². The minimum atomic E-state index is -4.11. The summed E-state index contributed by atoms with van der Waals surface area (Å²) in [5, 5.41) is 77.0. The van der Waals surface area contributed by atoms with E-state index in [0.29, 0.717) is 0 Å². The molecule has 10 heteroatoms. The topological polar surface area (TPSA) is 208 Å². The summed E-state index contributed by atoms with van der Waals surface area (Å²) in [4.78, 5) is 0. The van der Waals surface area contributed by atoms with Gasteiger partial charge in [-0.2, -0.15) is 0 Å². The van der Waals surface area contributed by atoms with Crippen molar-refractivity contribution in [2.24, 2.45) is 5.73 Å². The van der Waals surface area contributed by atoms with Crippen LogP contribution >= 0.6 is 0 Å². The van der Waals surface area contributed by atoms with E-state index in [-0.39, 0.29) is 0 Å². The molecule has 0 unspecified atom stereocenters. The zero-order valence-corrected chi connectivity index (χ0v) is 7.31. The van der Waals surface area contributed by atoms with Gasteiger partial charge in [0.1, 0.15) is 0 Å². The van der Waals surface area contributed by atoms with E-state index in [4.69, 9.17) is 51.7 Å². The third-order valence-electron chi connectivity index (χ3n) is 1.71. The Morgan fingerprint density at radius 3 is 1.00 bits per heavy atom. The van der Waals surface area contributed by atoms with Crippen molar-refractivity contribution in [3.8, 4) is 0 Å². The molecular formula is C5H13NO9. The molecule has 11 N–H and O–H groups in total. The summed E-state index contributed by atoms with van der Waals surface area (Å²) in [7, 11) is 0. The Balaban J connectivity index is 5.26. The average Bonchev–Trinajstić information content (AvgIpc) is 1.77. The standard InChI is InChI=1S/C5H13NO9/c6-2(4(10,11)12,5(13,14)15)1-3(7,8)9/h7-15H,1,6H2. The van der Waals surface area contributed by atoms with Crippen molar-refractivity contribution in [1.29, 1.82) is 0 Å². The van der Waals surface area contributed by atoms with Crippen molar-refractivity contribution >= 4 is 0 Å². The number of hydrogen-bond acceptors (Lipinski definition) is 10. The fourth-order valence-electron chi connectivity index (χ4n) is 0.836. The Hall–Kier alpha value is -0.400. The first kappa shape index (κ1) is 14.6. The molecule has 10 nitrogen and oxygen atoms in total. The second-order valence-corrected chi connectivity index (χ2v) is 3.19. The second-order valence-electron chi connectivity index (χ2n) is 3.19. The Morgan fingerprint density at radius 2 is 0.933 bits per heavy atom. The molecule has 0 bridgehead atoms. The minimum absolute atomic E-state index is 1.78. The van der Waals surface area contributed by atoms with Gasteiger partial charge < -0.3 is 51.7 Å². The highest BCUT2D eigenvalue weighted by Crippen LogP contribution is 2.30. The highest BCUT2D eigenvalue weighted by atomic mass is 16.7. The molecule has 0 aliphatic carbocycles. The van der Waals surface area contributed by atoms with Crippen LogP contribution < -0.4 is 5.73 Å². The lowest BCUT2D eigenvalue weighted by atomic mass is 9.89.